The highest BCUT2D eigenvalue weighted by Gasteiger charge is 2.18. The molecule has 88 valence electrons. The maximum Gasteiger partial charge on any atom is 0.0353 e. The van der Waals surface area contributed by atoms with E-state index in [0.717, 1.165) is 12.8 Å². The third-order valence-corrected chi connectivity index (χ3v) is 4.48. The first-order chi connectivity index (χ1) is 7.65. The Morgan fingerprint density at radius 1 is 1.25 bits per heavy atom. The van der Waals surface area contributed by atoms with Crippen molar-refractivity contribution >= 4 is 28.3 Å². The van der Waals surface area contributed by atoms with Crippen molar-refractivity contribution < 1.29 is 0 Å². The zero-order valence-corrected chi connectivity index (χ0v) is 11.8. The van der Waals surface area contributed by atoms with E-state index in [-0.39, 0.29) is 0 Å². The number of rotatable bonds is 2. The summed E-state index contributed by atoms with van der Waals surface area (Å²) in [7, 11) is 0. The van der Waals surface area contributed by atoms with Crippen LogP contribution >= 0.6 is 22.6 Å². The monoisotopic (exact) mass is 330 g/mol. The minimum Gasteiger partial charge on any atom is -0.382 e. The van der Waals surface area contributed by atoms with Gasteiger partial charge in [-0.1, -0.05) is 6.07 Å². The zero-order chi connectivity index (χ0) is 11.5. The van der Waals surface area contributed by atoms with Crippen LogP contribution in [0.15, 0.2) is 18.2 Å². The molecule has 3 N–H and O–H groups in total. The molecule has 0 saturated heterocycles. The summed E-state index contributed by atoms with van der Waals surface area (Å²) in [4.78, 5) is 0. The van der Waals surface area contributed by atoms with E-state index < -0.39 is 0 Å². The molecule has 0 aromatic heterocycles. The van der Waals surface area contributed by atoms with Crippen LogP contribution in [0.4, 0.5) is 5.69 Å². The molecule has 0 amide bonds. The first-order valence-corrected chi connectivity index (χ1v) is 7.01. The highest BCUT2D eigenvalue weighted by molar-refractivity contribution is 14.1. The molecule has 2 rings (SSSR count). The van der Waals surface area contributed by atoms with Gasteiger partial charge >= 0.3 is 0 Å². The molecule has 0 spiro atoms. The molecular weight excluding hydrogens is 311 g/mol. The summed E-state index contributed by atoms with van der Waals surface area (Å²) in [6.07, 6.45) is 4.71. The molecule has 0 unspecified atom stereocenters. The second-order valence-corrected chi connectivity index (χ2v) is 5.88. The van der Waals surface area contributed by atoms with Gasteiger partial charge in [-0.15, -0.1) is 0 Å². The average molecular weight is 330 g/mol. The third kappa shape index (κ3) is 3.10. The van der Waals surface area contributed by atoms with Crippen molar-refractivity contribution in [1.82, 2.24) is 0 Å². The van der Waals surface area contributed by atoms with Crippen LogP contribution in [0.5, 0.6) is 0 Å². The second-order valence-electron chi connectivity index (χ2n) is 4.72. The predicted molar refractivity (Wildman–Crippen MR) is 77.8 cm³/mol. The van der Waals surface area contributed by atoms with Crippen LogP contribution in [-0.4, -0.2) is 12.1 Å². The molecule has 0 aliphatic heterocycles. The lowest BCUT2D eigenvalue weighted by molar-refractivity contribution is 0.411. The molecule has 3 heteroatoms. The first-order valence-electron chi connectivity index (χ1n) is 5.93. The Morgan fingerprint density at radius 2 is 1.94 bits per heavy atom. The molecule has 0 bridgehead atoms. The molecule has 1 fully saturated rings. The van der Waals surface area contributed by atoms with Crippen LogP contribution in [0, 0.1) is 10.5 Å². The summed E-state index contributed by atoms with van der Waals surface area (Å²) in [6, 6.07) is 7.62. The predicted octanol–water partition coefficient (Wildman–Crippen LogP) is 3.28. The highest BCUT2D eigenvalue weighted by Crippen LogP contribution is 2.23. The molecule has 0 atom stereocenters. The number of hydrogen-bond donors (Lipinski definition) is 2. The molecule has 1 aromatic carbocycles. The fourth-order valence-corrected chi connectivity index (χ4v) is 2.70. The molecule has 1 saturated carbocycles. The smallest absolute Gasteiger partial charge is 0.0353 e. The van der Waals surface area contributed by atoms with Crippen LogP contribution in [0.1, 0.15) is 31.2 Å². The Hall–Kier alpha value is -0.290. The summed E-state index contributed by atoms with van der Waals surface area (Å²) in [5.74, 6) is 0. The summed E-state index contributed by atoms with van der Waals surface area (Å²) in [6.45, 7) is 2.14. The van der Waals surface area contributed by atoms with Crippen molar-refractivity contribution in [3.63, 3.8) is 0 Å². The number of halogens is 1. The number of benzene rings is 1. The van der Waals surface area contributed by atoms with Crippen LogP contribution < -0.4 is 11.1 Å². The van der Waals surface area contributed by atoms with Crippen LogP contribution in [0.2, 0.25) is 0 Å². The Morgan fingerprint density at radius 3 is 2.56 bits per heavy atom. The van der Waals surface area contributed by atoms with E-state index in [1.807, 2.05) is 0 Å². The van der Waals surface area contributed by atoms with Crippen LogP contribution in [0.25, 0.3) is 0 Å². The summed E-state index contributed by atoms with van der Waals surface area (Å²) >= 11 is 2.39. The Labute approximate surface area is 111 Å². The number of hydrogen-bond acceptors (Lipinski definition) is 2. The van der Waals surface area contributed by atoms with Gasteiger partial charge in [0.05, 0.1) is 0 Å². The molecule has 1 aromatic rings. The van der Waals surface area contributed by atoms with Gasteiger partial charge in [0.1, 0.15) is 0 Å². The van der Waals surface area contributed by atoms with Crippen molar-refractivity contribution in [2.45, 2.75) is 44.7 Å². The third-order valence-electron chi connectivity index (χ3n) is 3.31. The average Bonchev–Trinajstić information content (AvgIpc) is 2.27. The topological polar surface area (TPSA) is 38.0 Å². The number of nitrogens with one attached hydrogen (secondary N) is 1. The van der Waals surface area contributed by atoms with Gasteiger partial charge in [-0.05, 0) is 72.9 Å². The Bertz CT molecular complexity index is 357. The fraction of sp³-hybridized carbons (Fsp3) is 0.538. The van der Waals surface area contributed by atoms with Crippen molar-refractivity contribution in [1.29, 1.82) is 0 Å². The molecule has 2 nitrogen and oxygen atoms in total. The van der Waals surface area contributed by atoms with Gasteiger partial charge < -0.3 is 11.1 Å². The molecule has 1 aliphatic carbocycles. The van der Waals surface area contributed by atoms with Gasteiger partial charge in [0, 0.05) is 21.3 Å². The van der Waals surface area contributed by atoms with Gasteiger partial charge in [-0.25, -0.2) is 0 Å². The van der Waals surface area contributed by atoms with Crippen molar-refractivity contribution in [3.05, 3.63) is 27.3 Å². The Balaban J connectivity index is 1.96. The summed E-state index contributed by atoms with van der Waals surface area (Å²) in [5, 5.41) is 3.61. The Kier molecular flexibility index (Phi) is 4.08. The molecular formula is C13H19IN2. The van der Waals surface area contributed by atoms with Gasteiger partial charge in [0.15, 0.2) is 0 Å². The van der Waals surface area contributed by atoms with Crippen LogP contribution in [-0.2, 0) is 0 Å². The standard InChI is InChI=1S/C13H19IN2/c1-9-2-5-12(8-13(9)14)16-11-6-3-10(15)4-7-11/h2,5,8,10-11,16H,3-4,6-7,15H2,1H3. The minimum absolute atomic E-state index is 0.427. The zero-order valence-electron chi connectivity index (χ0n) is 9.67. The summed E-state index contributed by atoms with van der Waals surface area (Å²) < 4.78 is 1.33. The van der Waals surface area contributed by atoms with Gasteiger partial charge in [0.25, 0.3) is 0 Å². The minimum atomic E-state index is 0.427. The van der Waals surface area contributed by atoms with E-state index in [0.29, 0.717) is 12.1 Å². The highest BCUT2D eigenvalue weighted by atomic mass is 127. The van der Waals surface area contributed by atoms with Crippen molar-refractivity contribution in [3.8, 4) is 0 Å². The molecule has 16 heavy (non-hydrogen) atoms. The lowest BCUT2D eigenvalue weighted by Gasteiger charge is -2.27. The molecule has 1 aliphatic rings. The second kappa shape index (κ2) is 5.36. The normalized spacial score (nSPS) is 25.4. The largest absolute Gasteiger partial charge is 0.382 e. The molecule has 0 radical (unpaired) electrons. The van der Waals surface area contributed by atoms with Gasteiger partial charge in [-0.3, -0.25) is 0 Å². The van der Waals surface area contributed by atoms with Gasteiger partial charge in [-0.2, -0.15) is 0 Å². The number of anilines is 1. The van der Waals surface area contributed by atoms with E-state index in [4.69, 9.17) is 5.73 Å². The van der Waals surface area contributed by atoms with Crippen molar-refractivity contribution in [2.24, 2.45) is 5.73 Å². The fourth-order valence-electron chi connectivity index (χ4n) is 2.18. The maximum atomic E-state index is 5.91. The van der Waals surface area contributed by atoms with E-state index in [9.17, 15) is 0 Å². The lowest BCUT2D eigenvalue weighted by Crippen LogP contribution is -2.32. The van der Waals surface area contributed by atoms with Crippen LogP contribution in [0.3, 0.4) is 0 Å². The number of nitrogens with two attached hydrogens (primary N) is 1. The first kappa shape index (κ1) is 12.2. The quantitative estimate of drug-likeness (QED) is 0.817. The van der Waals surface area contributed by atoms with Crippen molar-refractivity contribution in [2.75, 3.05) is 5.32 Å². The SMILES string of the molecule is Cc1ccc(NC2CCC(N)CC2)cc1I. The maximum absolute atomic E-state index is 5.91. The van der Waals surface area contributed by atoms with E-state index in [2.05, 4.69) is 53.0 Å². The van der Waals surface area contributed by atoms with E-state index in [1.165, 1.54) is 27.7 Å². The van der Waals surface area contributed by atoms with E-state index in [1.54, 1.807) is 0 Å². The lowest BCUT2D eigenvalue weighted by atomic mass is 9.91. The van der Waals surface area contributed by atoms with E-state index >= 15 is 0 Å². The molecule has 0 heterocycles. The summed E-state index contributed by atoms with van der Waals surface area (Å²) in [5.41, 5.74) is 8.50. The van der Waals surface area contributed by atoms with Gasteiger partial charge in [0.2, 0.25) is 0 Å². The number of aryl methyl sites for hydroxylation is 1.